The SMILES string of the molecule is CC1CN(C(C)c2ccc(C(F)(F)F)cc2)[C@H](CO)CN1C. The van der Waals surface area contributed by atoms with E-state index in [4.69, 9.17) is 0 Å². The van der Waals surface area contributed by atoms with E-state index >= 15 is 0 Å². The molecule has 2 rings (SSSR count). The Hall–Kier alpha value is -1.11. The van der Waals surface area contributed by atoms with Gasteiger partial charge >= 0.3 is 6.18 Å². The second-order valence-electron chi connectivity index (χ2n) is 6.12. The van der Waals surface area contributed by atoms with Gasteiger partial charge in [0.2, 0.25) is 0 Å². The quantitative estimate of drug-likeness (QED) is 0.929. The molecule has 1 fully saturated rings. The van der Waals surface area contributed by atoms with Crippen LogP contribution >= 0.6 is 0 Å². The molecule has 2 unspecified atom stereocenters. The highest BCUT2D eigenvalue weighted by Crippen LogP contribution is 2.32. The van der Waals surface area contributed by atoms with Gasteiger partial charge < -0.3 is 10.0 Å². The lowest BCUT2D eigenvalue weighted by Gasteiger charge is -2.46. The maximum Gasteiger partial charge on any atom is 0.416 e. The monoisotopic (exact) mass is 316 g/mol. The summed E-state index contributed by atoms with van der Waals surface area (Å²) in [6, 6.07) is 5.63. The van der Waals surface area contributed by atoms with Crippen LogP contribution in [0.25, 0.3) is 0 Å². The van der Waals surface area contributed by atoms with Gasteiger partial charge in [0.1, 0.15) is 0 Å². The van der Waals surface area contributed by atoms with Gasteiger partial charge in [-0.1, -0.05) is 12.1 Å². The number of nitrogens with zero attached hydrogens (tertiary/aromatic N) is 2. The molecule has 1 aromatic rings. The van der Waals surface area contributed by atoms with Crippen LogP contribution in [0.15, 0.2) is 24.3 Å². The molecule has 1 heterocycles. The molecule has 1 aromatic carbocycles. The highest BCUT2D eigenvalue weighted by Gasteiger charge is 2.33. The van der Waals surface area contributed by atoms with Gasteiger partial charge in [-0.25, -0.2) is 0 Å². The summed E-state index contributed by atoms with van der Waals surface area (Å²) in [5, 5.41) is 9.59. The summed E-state index contributed by atoms with van der Waals surface area (Å²) in [6.07, 6.45) is -4.31. The fourth-order valence-electron chi connectivity index (χ4n) is 2.99. The molecule has 124 valence electrons. The summed E-state index contributed by atoms with van der Waals surface area (Å²) >= 11 is 0. The largest absolute Gasteiger partial charge is 0.416 e. The van der Waals surface area contributed by atoms with Crippen molar-refractivity contribution in [1.29, 1.82) is 0 Å². The van der Waals surface area contributed by atoms with Gasteiger partial charge in [0.05, 0.1) is 12.2 Å². The number of hydrogen-bond acceptors (Lipinski definition) is 3. The van der Waals surface area contributed by atoms with Gasteiger partial charge in [0.25, 0.3) is 0 Å². The molecule has 0 spiro atoms. The Labute approximate surface area is 129 Å². The molecule has 3 atom stereocenters. The van der Waals surface area contributed by atoms with Crippen molar-refractivity contribution in [3.05, 3.63) is 35.4 Å². The molecule has 0 aliphatic carbocycles. The van der Waals surface area contributed by atoms with E-state index in [1.165, 1.54) is 12.1 Å². The second-order valence-corrected chi connectivity index (χ2v) is 6.12. The molecule has 0 aromatic heterocycles. The molecule has 1 N–H and O–H groups in total. The van der Waals surface area contributed by atoms with Crippen LogP contribution < -0.4 is 0 Å². The molecule has 6 heteroatoms. The average Bonchev–Trinajstić information content (AvgIpc) is 2.48. The lowest BCUT2D eigenvalue weighted by molar-refractivity contribution is -0.137. The maximum absolute atomic E-state index is 12.6. The normalized spacial score (nSPS) is 26.1. The van der Waals surface area contributed by atoms with Crippen molar-refractivity contribution in [3.63, 3.8) is 0 Å². The summed E-state index contributed by atoms with van der Waals surface area (Å²) < 4.78 is 37.9. The van der Waals surface area contributed by atoms with E-state index in [9.17, 15) is 18.3 Å². The molecule has 0 saturated carbocycles. The van der Waals surface area contributed by atoms with Crippen molar-refractivity contribution in [1.82, 2.24) is 9.80 Å². The van der Waals surface area contributed by atoms with Crippen LogP contribution in [0.1, 0.15) is 31.0 Å². The van der Waals surface area contributed by atoms with Crippen molar-refractivity contribution in [2.45, 2.75) is 38.1 Å². The Morgan fingerprint density at radius 1 is 1.23 bits per heavy atom. The van der Waals surface area contributed by atoms with Crippen LogP contribution in [-0.2, 0) is 6.18 Å². The van der Waals surface area contributed by atoms with Gasteiger partial charge in [-0.2, -0.15) is 13.2 Å². The number of aliphatic hydroxyl groups excluding tert-OH is 1. The molecule has 1 aliphatic rings. The summed E-state index contributed by atoms with van der Waals surface area (Å²) in [5.41, 5.74) is 0.206. The predicted octanol–water partition coefficient (Wildman–Crippen LogP) is 2.76. The van der Waals surface area contributed by atoms with Crippen LogP contribution in [0.4, 0.5) is 13.2 Å². The van der Waals surface area contributed by atoms with Crippen LogP contribution in [0.5, 0.6) is 0 Å². The molecule has 0 bridgehead atoms. The van der Waals surface area contributed by atoms with Gasteiger partial charge in [-0.15, -0.1) is 0 Å². The van der Waals surface area contributed by atoms with E-state index in [0.717, 1.165) is 30.8 Å². The Bertz CT molecular complexity index is 489. The predicted molar refractivity (Wildman–Crippen MR) is 79.5 cm³/mol. The van der Waals surface area contributed by atoms with Crippen molar-refractivity contribution in [3.8, 4) is 0 Å². The van der Waals surface area contributed by atoms with E-state index in [1.807, 2.05) is 14.0 Å². The van der Waals surface area contributed by atoms with Crippen LogP contribution in [0, 0.1) is 0 Å². The lowest BCUT2D eigenvalue weighted by Crippen LogP contribution is -2.57. The van der Waals surface area contributed by atoms with Gasteiger partial charge in [-0.05, 0) is 38.6 Å². The van der Waals surface area contributed by atoms with Gasteiger partial charge in [0, 0.05) is 31.2 Å². The number of rotatable bonds is 3. The fraction of sp³-hybridized carbons (Fsp3) is 0.625. The highest BCUT2D eigenvalue weighted by atomic mass is 19.4. The Morgan fingerprint density at radius 2 is 1.82 bits per heavy atom. The smallest absolute Gasteiger partial charge is 0.395 e. The molecular formula is C16H23F3N2O. The Morgan fingerprint density at radius 3 is 2.32 bits per heavy atom. The van der Waals surface area contributed by atoms with Crippen molar-refractivity contribution in [2.75, 3.05) is 26.7 Å². The third-order valence-electron chi connectivity index (χ3n) is 4.62. The maximum atomic E-state index is 12.6. The van der Waals surface area contributed by atoms with E-state index in [0.29, 0.717) is 6.04 Å². The van der Waals surface area contributed by atoms with Gasteiger partial charge in [-0.3, -0.25) is 4.90 Å². The zero-order valence-electron chi connectivity index (χ0n) is 13.1. The first-order chi connectivity index (χ1) is 10.2. The summed E-state index contributed by atoms with van der Waals surface area (Å²) in [5.74, 6) is 0. The second kappa shape index (κ2) is 6.56. The van der Waals surface area contributed by atoms with E-state index < -0.39 is 11.7 Å². The van der Waals surface area contributed by atoms with E-state index in [-0.39, 0.29) is 18.7 Å². The average molecular weight is 316 g/mol. The number of likely N-dealkylation sites (N-methyl/N-ethyl adjacent to an activating group) is 1. The topological polar surface area (TPSA) is 26.7 Å². The Balaban J connectivity index is 2.17. The van der Waals surface area contributed by atoms with Crippen molar-refractivity contribution >= 4 is 0 Å². The Kier molecular flexibility index (Phi) is 5.14. The third-order valence-corrected chi connectivity index (χ3v) is 4.62. The number of benzene rings is 1. The molecular weight excluding hydrogens is 293 g/mol. The van der Waals surface area contributed by atoms with Crippen LogP contribution in [0.3, 0.4) is 0 Å². The molecule has 0 amide bonds. The number of aliphatic hydroxyl groups is 1. The summed E-state index contributed by atoms with van der Waals surface area (Å²) in [7, 11) is 2.02. The van der Waals surface area contributed by atoms with Gasteiger partial charge in [0.15, 0.2) is 0 Å². The molecule has 0 radical (unpaired) electrons. The minimum atomic E-state index is -4.31. The number of hydrogen-bond donors (Lipinski definition) is 1. The van der Waals surface area contributed by atoms with E-state index in [1.54, 1.807) is 0 Å². The van der Waals surface area contributed by atoms with Crippen LogP contribution in [0.2, 0.25) is 0 Å². The lowest BCUT2D eigenvalue weighted by atomic mass is 9.99. The molecule has 22 heavy (non-hydrogen) atoms. The first-order valence-corrected chi connectivity index (χ1v) is 7.48. The zero-order chi connectivity index (χ0) is 16.5. The third kappa shape index (κ3) is 3.62. The zero-order valence-corrected chi connectivity index (χ0v) is 13.1. The minimum absolute atomic E-state index is 0.00140. The molecule has 1 saturated heterocycles. The summed E-state index contributed by atoms with van der Waals surface area (Å²) in [4.78, 5) is 4.37. The standard InChI is InChI=1S/C16H23F3N2O/c1-11-8-21(15(10-22)9-20(11)3)12(2)13-4-6-14(7-5-13)16(17,18)19/h4-7,11-12,15,22H,8-10H2,1-3H3/t11?,12?,15-/m0/s1. The highest BCUT2D eigenvalue weighted by molar-refractivity contribution is 5.26. The number of alkyl halides is 3. The van der Waals surface area contributed by atoms with Crippen molar-refractivity contribution in [2.24, 2.45) is 0 Å². The number of piperazine rings is 1. The first-order valence-electron chi connectivity index (χ1n) is 7.48. The molecule has 3 nitrogen and oxygen atoms in total. The van der Waals surface area contributed by atoms with Crippen LogP contribution in [-0.4, -0.2) is 53.7 Å². The minimum Gasteiger partial charge on any atom is -0.395 e. The molecule has 1 aliphatic heterocycles. The van der Waals surface area contributed by atoms with E-state index in [2.05, 4.69) is 16.7 Å². The number of halogens is 3. The first kappa shape index (κ1) is 17.2. The fourth-order valence-corrected chi connectivity index (χ4v) is 2.99. The van der Waals surface area contributed by atoms with Crippen molar-refractivity contribution < 1.29 is 18.3 Å². The summed E-state index contributed by atoms with van der Waals surface area (Å²) in [6.45, 7) is 5.66.